The van der Waals surface area contributed by atoms with Crippen LogP contribution >= 0.6 is 0 Å². The number of hydrogen-bond acceptors (Lipinski definition) is 2. The Morgan fingerprint density at radius 3 is 2.94 bits per heavy atom. The van der Waals surface area contributed by atoms with Crippen LogP contribution in [0.2, 0.25) is 0 Å². The molecule has 1 aromatic rings. The lowest BCUT2D eigenvalue weighted by molar-refractivity contribution is -0.129. The summed E-state index contributed by atoms with van der Waals surface area (Å²) < 4.78 is 18.6. The van der Waals surface area contributed by atoms with Crippen molar-refractivity contribution in [1.82, 2.24) is 4.90 Å². The molecule has 1 atom stereocenters. The number of halogens is 1. The SMILES string of the molecule is CO[C@H]1CCN(C(=O)Cc2ccccc2F)C1. The smallest absolute Gasteiger partial charge is 0.227 e. The molecule has 0 radical (unpaired) electrons. The third-order valence-corrected chi connectivity index (χ3v) is 3.13. The second-order valence-corrected chi connectivity index (χ2v) is 4.25. The molecule has 17 heavy (non-hydrogen) atoms. The Labute approximate surface area is 100 Å². The lowest BCUT2D eigenvalue weighted by Crippen LogP contribution is -2.31. The minimum Gasteiger partial charge on any atom is -0.380 e. The quantitative estimate of drug-likeness (QED) is 0.799. The van der Waals surface area contributed by atoms with Crippen molar-refractivity contribution in [2.45, 2.75) is 18.9 Å². The molecular weight excluding hydrogens is 221 g/mol. The van der Waals surface area contributed by atoms with Gasteiger partial charge in [-0.05, 0) is 18.1 Å². The zero-order chi connectivity index (χ0) is 12.3. The van der Waals surface area contributed by atoms with Crippen LogP contribution in [0.25, 0.3) is 0 Å². The van der Waals surface area contributed by atoms with Gasteiger partial charge in [0.2, 0.25) is 5.91 Å². The summed E-state index contributed by atoms with van der Waals surface area (Å²) in [7, 11) is 1.65. The molecule has 1 fully saturated rings. The molecule has 1 amide bonds. The van der Waals surface area contributed by atoms with Crippen molar-refractivity contribution in [3.05, 3.63) is 35.6 Å². The molecule has 2 rings (SSSR count). The van der Waals surface area contributed by atoms with Crippen LogP contribution in [-0.4, -0.2) is 37.1 Å². The summed E-state index contributed by atoms with van der Waals surface area (Å²) in [5, 5.41) is 0. The summed E-state index contributed by atoms with van der Waals surface area (Å²) in [6, 6.07) is 6.40. The van der Waals surface area contributed by atoms with E-state index in [-0.39, 0.29) is 24.2 Å². The Morgan fingerprint density at radius 2 is 2.29 bits per heavy atom. The summed E-state index contributed by atoms with van der Waals surface area (Å²) in [5.74, 6) is -0.349. The molecule has 0 bridgehead atoms. The van der Waals surface area contributed by atoms with Crippen LogP contribution in [0.1, 0.15) is 12.0 Å². The molecule has 0 saturated carbocycles. The van der Waals surface area contributed by atoms with Crippen LogP contribution < -0.4 is 0 Å². The predicted octanol–water partition coefficient (Wildman–Crippen LogP) is 1.62. The molecule has 1 aromatic carbocycles. The van der Waals surface area contributed by atoms with E-state index in [4.69, 9.17) is 4.74 Å². The summed E-state index contributed by atoms with van der Waals surface area (Å²) >= 11 is 0. The predicted molar refractivity (Wildman–Crippen MR) is 62.1 cm³/mol. The van der Waals surface area contributed by atoms with Gasteiger partial charge in [0, 0.05) is 20.2 Å². The first kappa shape index (κ1) is 12.0. The van der Waals surface area contributed by atoms with Gasteiger partial charge in [0.1, 0.15) is 5.82 Å². The molecule has 3 nitrogen and oxygen atoms in total. The van der Waals surface area contributed by atoms with E-state index in [1.165, 1.54) is 6.07 Å². The van der Waals surface area contributed by atoms with Crippen molar-refractivity contribution < 1.29 is 13.9 Å². The van der Waals surface area contributed by atoms with Gasteiger partial charge in [-0.2, -0.15) is 0 Å². The maximum absolute atomic E-state index is 13.4. The monoisotopic (exact) mass is 237 g/mol. The molecule has 0 aromatic heterocycles. The van der Waals surface area contributed by atoms with Crippen LogP contribution in [0.4, 0.5) is 4.39 Å². The van der Waals surface area contributed by atoms with Crippen molar-refractivity contribution in [3.8, 4) is 0 Å². The molecule has 0 spiro atoms. The van der Waals surface area contributed by atoms with Crippen LogP contribution in [0.15, 0.2) is 24.3 Å². The highest BCUT2D eigenvalue weighted by Gasteiger charge is 2.26. The number of nitrogens with zero attached hydrogens (tertiary/aromatic N) is 1. The Hall–Kier alpha value is -1.42. The average Bonchev–Trinajstić information content (AvgIpc) is 2.81. The number of amides is 1. The first-order valence-corrected chi connectivity index (χ1v) is 5.74. The summed E-state index contributed by atoms with van der Waals surface area (Å²) in [6.45, 7) is 1.32. The fraction of sp³-hybridized carbons (Fsp3) is 0.462. The first-order valence-electron chi connectivity index (χ1n) is 5.74. The lowest BCUT2D eigenvalue weighted by atomic mass is 10.1. The Bertz CT molecular complexity index is 408. The summed E-state index contributed by atoms with van der Waals surface area (Å²) in [6.07, 6.45) is 1.11. The van der Waals surface area contributed by atoms with Gasteiger partial charge in [-0.1, -0.05) is 18.2 Å². The molecule has 0 aliphatic carbocycles. The van der Waals surface area contributed by atoms with E-state index in [2.05, 4.69) is 0 Å². The van der Waals surface area contributed by atoms with Crippen LogP contribution in [0, 0.1) is 5.82 Å². The number of rotatable bonds is 3. The lowest BCUT2D eigenvalue weighted by Gasteiger charge is -2.16. The molecule has 92 valence electrons. The van der Waals surface area contributed by atoms with Crippen molar-refractivity contribution in [3.63, 3.8) is 0 Å². The standard InChI is InChI=1S/C13H16FNO2/c1-17-11-6-7-15(9-11)13(16)8-10-4-2-3-5-12(10)14/h2-5,11H,6-9H2,1H3/t11-/m0/s1. The topological polar surface area (TPSA) is 29.5 Å². The Morgan fingerprint density at radius 1 is 1.53 bits per heavy atom. The molecule has 0 N–H and O–H groups in total. The molecule has 4 heteroatoms. The maximum atomic E-state index is 13.4. The van der Waals surface area contributed by atoms with Gasteiger partial charge in [-0.25, -0.2) is 4.39 Å². The Kier molecular flexibility index (Phi) is 3.74. The highest BCUT2D eigenvalue weighted by Crippen LogP contribution is 2.15. The average molecular weight is 237 g/mol. The largest absolute Gasteiger partial charge is 0.380 e. The fourth-order valence-electron chi connectivity index (χ4n) is 2.06. The van der Waals surface area contributed by atoms with Gasteiger partial charge >= 0.3 is 0 Å². The van der Waals surface area contributed by atoms with Crippen molar-refractivity contribution in [2.24, 2.45) is 0 Å². The third-order valence-electron chi connectivity index (χ3n) is 3.13. The van der Waals surface area contributed by atoms with Crippen LogP contribution in [0.5, 0.6) is 0 Å². The minimum absolute atomic E-state index is 0.0327. The van der Waals surface area contributed by atoms with Crippen molar-refractivity contribution in [1.29, 1.82) is 0 Å². The molecular formula is C13H16FNO2. The second-order valence-electron chi connectivity index (χ2n) is 4.25. The molecule has 1 heterocycles. The Balaban J connectivity index is 1.96. The van der Waals surface area contributed by atoms with E-state index >= 15 is 0 Å². The van der Waals surface area contributed by atoms with Gasteiger partial charge in [0.15, 0.2) is 0 Å². The van der Waals surface area contributed by atoms with E-state index < -0.39 is 0 Å². The van der Waals surface area contributed by atoms with E-state index in [1.54, 1.807) is 30.2 Å². The number of methoxy groups -OCH3 is 1. The van der Waals surface area contributed by atoms with Gasteiger partial charge in [-0.3, -0.25) is 4.79 Å². The van der Waals surface area contributed by atoms with E-state index in [0.29, 0.717) is 18.7 Å². The van der Waals surface area contributed by atoms with E-state index in [1.807, 2.05) is 0 Å². The fourth-order valence-corrected chi connectivity index (χ4v) is 2.06. The van der Waals surface area contributed by atoms with Crippen molar-refractivity contribution >= 4 is 5.91 Å². The zero-order valence-corrected chi connectivity index (χ0v) is 9.86. The van der Waals surface area contributed by atoms with Crippen LogP contribution in [-0.2, 0) is 16.0 Å². The summed E-state index contributed by atoms with van der Waals surface area (Å²) in [5.41, 5.74) is 0.457. The van der Waals surface area contributed by atoms with Gasteiger partial charge in [0.05, 0.1) is 12.5 Å². The highest BCUT2D eigenvalue weighted by atomic mass is 19.1. The number of benzene rings is 1. The second kappa shape index (κ2) is 5.27. The van der Waals surface area contributed by atoms with E-state index in [9.17, 15) is 9.18 Å². The number of ether oxygens (including phenoxy) is 1. The number of hydrogen-bond donors (Lipinski definition) is 0. The van der Waals surface area contributed by atoms with Gasteiger partial charge < -0.3 is 9.64 Å². The minimum atomic E-state index is -0.316. The number of likely N-dealkylation sites (tertiary alicyclic amines) is 1. The molecule has 1 saturated heterocycles. The number of carbonyl (C=O) groups excluding carboxylic acids is 1. The molecule has 1 aliphatic rings. The molecule has 0 unspecified atom stereocenters. The normalized spacial score (nSPS) is 19.6. The van der Waals surface area contributed by atoms with Crippen molar-refractivity contribution in [2.75, 3.05) is 20.2 Å². The summed E-state index contributed by atoms with van der Waals surface area (Å²) in [4.78, 5) is 13.7. The highest BCUT2D eigenvalue weighted by molar-refractivity contribution is 5.79. The maximum Gasteiger partial charge on any atom is 0.227 e. The third kappa shape index (κ3) is 2.82. The van der Waals surface area contributed by atoms with Gasteiger partial charge in [-0.15, -0.1) is 0 Å². The zero-order valence-electron chi connectivity index (χ0n) is 9.86. The van der Waals surface area contributed by atoms with E-state index in [0.717, 1.165) is 6.42 Å². The van der Waals surface area contributed by atoms with Gasteiger partial charge in [0.25, 0.3) is 0 Å². The number of carbonyl (C=O) groups is 1. The first-order chi connectivity index (χ1) is 8.20. The molecule has 1 aliphatic heterocycles. The van der Waals surface area contributed by atoms with Crippen LogP contribution in [0.3, 0.4) is 0 Å².